The first-order valence-electron chi connectivity index (χ1n) is 8.46. The van der Waals surface area contributed by atoms with Crippen LogP contribution in [0.2, 0.25) is 0 Å². The number of hydrogen-bond donors (Lipinski definition) is 2. The molecular weight excluding hydrogens is 404 g/mol. The second kappa shape index (κ2) is 8.80. The molecule has 0 heterocycles. The predicted molar refractivity (Wildman–Crippen MR) is 107 cm³/mol. The highest BCUT2D eigenvalue weighted by Crippen LogP contribution is 2.29. The van der Waals surface area contributed by atoms with Crippen LogP contribution in [0.25, 0.3) is 0 Å². The Kier molecular flexibility index (Phi) is 6.91. The third-order valence-corrected chi connectivity index (χ3v) is 5.90. The number of methoxy groups -OCH3 is 1. The summed E-state index contributed by atoms with van der Waals surface area (Å²) in [6.07, 6.45) is 1.87. The summed E-state index contributed by atoms with van der Waals surface area (Å²) in [5.74, 6) is 1.20. The Morgan fingerprint density at radius 2 is 1.75 bits per heavy atom. The third-order valence-electron chi connectivity index (χ3n) is 3.85. The van der Waals surface area contributed by atoms with Crippen molar-refractivity contribution in [3.63, 3.8) is 0 Å². The van der Waals surface area contributed by atoms with Crippen LogP contribution in [0, 0.1) is 0 Å². The van der Waals surface area contributed by atoms with Crippen LogP contribution in [0.4, 0.5) is 5.69 Å². The standard InChI is InChI=1S/C18H24N2O6S2/c1-4-9-26-16-8-5-13(10-17(16)25-2)12-20-15-7-6-14(28(19,23)24)11-18(15)27(3,21)22/h5-8,10-11,20H,4,9,12H2,1-3H3,(H2,19,23,24). The topological polar surface area (TPSA) is 125 Å². The number of benzene rings is 2. The molecule has 0 aromatic heterocycles. The lowest BCUT2D eigenvalue weighted by atomic mass is 10.2. The molecule has 0 aliphatic rings. The van der Waals surface area contributed by atoms with Gasteiger partial charge in [-0.1, -0.05) is 13.0 Å². The normalized spacial score (nSPS) is 11.9. The van der Waals surface area contributed by atoms with E-state index in [1.807, 2.05) is 13.0 Å². The molecule has 2 rings (SSSR count). The van der Waals surface area contributed by atoms with Gasteiger partial charge in [0, 0.05) is 12.8 Å². The van der Waals surface area contributed by atoms with Crippen LogP contribution in [0.1, 0.15) is 18.9 Å². The minimum Gasteiger partial charge on any atom is -0.493 e. The van der Waals surface area contributed by atoms with E-state index in [9.17, 15) is 16.8 Å². The second-order valence-corrected chi connectivity index (χ2v) is 9.71. The number of sulfonamides is 1. The van der Waals surface area contributed by atoms with Gasteiger partial charge in [0.05, 0.1) is 29.2 Å². The summed E-state index contributed by atoms with van der Waals surface area (Å²) < 4.78 is 58.1. The Balaban J connectivity index is 2.29. The zero-order valence-electron chi connectivity index (χ0n) is 15.9. The first kappa shape index (κ1) is 22.0. The van der Waals surface area contributed by atoms with Gasteiger partial charge in [-0.2, -0.15) is 0 Å². The van der Waals surface area contributed by atoms with E-state index < -0.39 is 19.9 Å². The Hall–Kier alpha value is -2.30. The van der Waals surface area contributed by atoms with Crippen molar-refractivity contribution in [2.75, 3.05) is 25.3 Å². The fourth-order valence-electron chi connectivity index (χ4n) is 2.48. The summed E-state index contributed by atoms with van der Waals surface area (Å²) in [7, 11) is -6.15. The van der Waals surface area contributed by atoms with Crippen molar-refractivity contribution in [2.24, 2.45) is 5.14 Å². The molecule has 0 spiro atoms. The molecule has 0 aliphatic carbocycles. The molecule has 0 radical (unpaired) electrons. The third kappa shape index (κ3) is 5.60. The van der Waals surface area contributed by atoms with E-state index in [4.69, 9.17) is 14.6 Å². The van der Waals surface area contributed by atoms with E-state index in [-0.39, 0.29) is 15.5 Å². The summed E-state index contributed by atoms with van der Waals surface area (Å²) in [6.45, 7) is 2.87. The zero-order chi connectivity index (χ0) is 20.9. The van der Waals surface area contributed by atoms with Crippen molar-refractivity contribution >= 4 is 25.5 Å². The fourth-order valence-corrected chi connectivity index (χ4v) is 3.98. The Labute approximate surface area is 165 Å². The molecule has 8 nitrogen and oxygen atoms in total. The van der Waals surface area contributed by atoms with Gasteiger partial charge in [-0.15, -0.1) is 0 Å². The van der Waals surface area contributed by atoms with Gasteiger partial charge in [-0.05, 0) is 42.3 Å². The molecule has 0 saturated carbocycles. The van der Waals surface area contributed by atoms with E-state index in [0.717, 1.165) is 24.3 Å². The van der Waals surface area contributed by atoms with Gasteiger partial charge in [0.2, 0.25) is 10.0 Å². The Bertz CT molecular complexity index is 1050. The highest BCUT2D eigenvalue weighted by molar-refractivity contribution is 7.91. The molecule has 0 aliphatic heterocycles. The van der Waals surface area contributed by atoms with Gasteiger partial charge in [0.1, 0.15) is 0 Å². The minimum absolute atomic E-state index is 0.145. The average molecular weight is 429 g/mol. The number of sulfone groups is 1. The quantitative estimate of drug-likeness (QED) is 0.627. The summed E-state index contributed by atoms with van der Waals surface area (Å²) in [5.41, 5.74) is 1.11. The number of primary sulfonamides is 1. The number of nitrogens with one attached hydrogen (secondary N) is 1. The van der Waals surface area contributed by atoms with E-state index in [1.54, 1.807) is 19.2 Å². The lowest BCUT2D eigenvalue weighted by Gasteiger charge is -2.14. The highest BCUT2D eigenvalue weighted by atomic mass is 32.2. The molecular formula is C18H24N2O6S2. The minimum atomic E-state index is -4.01. The van der Waals surface area contributed by atoms with Crippen molar-refractivity contribution in [3.05, 3.63) is 42.0 Å². The predicted octanol–water partition coefficient (Wildman–Crippen LogP) is 2.15. The molecule has 2 aromatic rings. The second-order valence-electron chi connectivity index (χ2n) is 6.16. The van der Waals surface area contributed by atoms with Crippen LogP contribution in [0.3, 0.4) is 0 Å². The fraction of sp³-hybridized carbons (Fsp3) is 0.333. The molecule has 0 bridgehead atoms. The number of anilines is 1. The monoisotopic (exact) mass is 428 g/mol. The van der Waals surface area contributed by atoms with Gasteiger partial charge in [0.25, 0.3) is 0 Å². The van der Waals surface area contributed by atoms with Gasteiger partial charge >= 0.3 is 0 Å². The molecule has 0 fully saturated rings. The Morgan fingerprint density at radius 3 is 2.32 bits per heavy atom. The SMILES string of the molecule is CCCOc1ccc(CNc2ccc(S(N)(=O)=O)cc2S(C)(=O)=O)cc1OC. The molecule has 0 saturated heterocycles. The smallest absolute Gasteiger partial charge is 0.238 e. The number of rotatable bonds is 9. The molecule has 2 aromatic carbocycles. The molecule has 0 unspecified atom stereocenters. The summed E-state index contributed by atoms with van der Waals surface area (Å²) >= 11 is 0. The van der Waals surface area contributed by atoms with E-state index in [2.05, 4.69) is 5.32 Å². The lowest BCUT2D eigenvalue weighted by Crippen LogP contribution is -2.14. The molecule has 0 amide bonds. The summed E-state index contributed by atoms with van der Waals surface area (Å²) in [6, 6.07) is 9.10. The highest BCUT2D eigenvalue weighted by Gasteiger charge is 2.18. The van der Waals surface area contributed by atoms with Gasteiger partial charge in [-0.25, -0.2) is 22.0 Å². The van der Waals surface area contributed by atoms with Crippen molar-refractivity contribution < 1.29 is 26.3 Å². The maximum absolute atomic E-state index is 12.1. The number of ether oxygens (including phenoxy) is 2. The van der Waals surface area contributed by atoms with E-state index in [1.165, 1.54) is 12.1 Å². The maximum atomic E-state index is 12.1. The first-order valence-corrected chi connectivity index (χ1v) is 11.9. The van der Waals surface area contributed by atoms with E-state index >= 15 is 0 Å². The summed E-state index contributed by atoms with van der Waals surface area (Å²) in [5, 5.41) is 8.11. The van der Waals surface area contributed by atoms with Crippen LogP contribution < -0.4 is 19.9 Å². The molecule has 3 N–H and O–H groups in total. The molecule has 28 heavy (non-hydrogen) atoms. The van der Waals surface area contributed by atoms with Crippen molar-refractivity contribution in [1.82, 2.24) is 0 Å². The van der Waals surface area contributed by atoms with Gasteiger partial charge < -0.3 is 14.8 Å². The van der Waals surface area contributed by atoms with Gasteiger partial charge in [-0.3, -0.25) is 0 Å². The molecule has 10 heteroatoms. The first-order chi connectivity index (χ1) is 13.1. The van der Waals surface area contributed by atoms with Crippen LogP contribution in [0.15, 0.2) is 46.2 Å². The van der Waals surface area contributed by atoms with Crippen LogP contribution in [-0.4, -0.2) is 36.8 Å². The largest absolute Gasteiger partial charge is 0.493 e. The van der Waals surface area contributed by atoms with Crippen LogP contribution in [-0.2, 0) is 26.4 Å². The number of hydrogen-bond acceptors (Lipinski definition) is 7. The summed E-state index contributed by atoms with van der Waals surface area (Å²) in [4.78, 5) is -0.411. The lowest BCUT2D eigenvalue weighted by molar-refractivity contribution is 0.294. The van der Waals surface area contributed by atoms with Crippen LogP contribution >= 0.6 is 0 Å². The number of nitrogens with two attached hydrogens (primary N) is 1. The van der Waals surface area contributed by atoms with E-state index in [0.29, 0.717) is 24.7 Å². The van der Waals surface area contributed by atoms with Gasteiger partial charge in [0.15, 0.2) is 21.3 Å². The zero-order valence-corrected chi connectivity index (χ0v) is 17.6. The molecule has 154 valence electrons. The van der Waals surface area contributed by atoms with Crippen LogP contribution in [0.5, 0.6) is 11.5 Å². The molecule has 0 atom stereocenters. The van der Waals surface area contributed by atoms with Crippen molar-refractivity contribution in [1.29, 1.82) is 0 Å². The van der Waals surface area contributed by atoms with Crippen molar-refractivity contribution in [3.8, 4) is 11.5 Å². The Morgan fingerprint density at radius 1 is 1.04 bits per heavy atom. The maximum Gasteiger partial charge on any atom is 0.238 e. The average Bonchev–Trinajstić information content (AvgIpc) is 2.63. The van der Waals surface area contributed by atoms with Crippen molar-refractivity contribution in [2.45, 2.75) is 29.7 Å².